The Bertz CT molecular complexity index is 771. The highest BCUT2D eigenvalue weighted by molar-refractivity contribution is 6.25. The van der Waals surface area contributed by atoms with E-state index in [1.165, 1.54) is 7.05 Å². The van der Waals surface area contributed by atoms with Crippen LogP contribution in [0.3, 0.4) is 0 Å². The van der Waals surface area contributed by atoms with Crippen molar-refractivity contribution in [2.24, 2.45) is 0 Å². The smallest absolute Gasteiger partial charge is 0.275 e. The summed E-state index contributed by atoms with van der Waals surface area (Å²) in [6.07, 6.45) is -0.787. The van der Waals surface area contributed by atoms with Crippen molar-refractivity contribution in [3.05, 3.63) is 41.5 Å². The molecule has 1 aliphatic heterocycles. The number of hydrazine groups is 1. The largest absolute Gasteiger partial charge is 0.490 e. The summed E-state index contributed by atoms with van der Waals surface area (Å²) < 4.78 is 5.59. The Morgan fingerprint density at radius 1 is 1.22 bits per heavy atom. The van der Waals surface area contributed by atoms with Crippen molar-refractivity contribution >= 4 is 34.2 Å². The molecule has 0 radical (unpaired) electrons. The second-order valence-corrected chi connectivity index (χ2v) is 5.44. The maximum atomic E-state index is 12.4. The number of rotatable bonds is 5. The van der Waals surface area contributed by atoms with Crippen molar-refractivity contribution in [1.82, 2.24) is 10.4 Å². The van der Waals surface area contributed by atoms with E-state index in [2.05, 4.69) is 5.43 Å². The van der Waals surface area contributed by atoms with Crippen LogP contribution in [0.5, 0.6) is 5.75 Å². The van der Waals surface area contributed by atoms with Crippen LogP contribution in [0.1, 0.15) is 20.7 Å². The molecule has 0 spiro atoms. The Kier molecular flexibility index (Phi) is 4.21. The van der Waals surface area contributed by atoms with Crippen LogP contribution in [0.15, 0.2) is 30.3 Å². The number of benzene rings is 2. The topological polar surface area (TPSA) is 78.9 Å². The molecule has 7 heteroatoms. The number of alkyl halides is 1. The zero-order valence-corrected chi connectivity index (χ0v) is 13.1. The van der Waals surface area contributed by atoms with Gasteiger partial charge in [-0.25, -0.2) is 10.4 Å². The molecule has 1 aliphatic rings. The SMILES string of the molecule is CNN1C(=O)c2cccc3c(OCC(O)CCl)ccc(c23)C1=O. The van der Waals surface area contributed by atoms with E-state index in [0.29, 0.717) is 27.6 Å². The monoisotopic (exact) mass is 334 g/mol. The molecular weight excluding hydrogens is 320 g/mol. The van der Waals surface area contributed by atoms with Gasteiger partial charge in [-0.3, -0.25) is 9.59 Å². The number of aliphatic hydroxyl groups excluding tert-OH is 1. The van der Waals surface area contributed by atoms with E-state index in [9.17, 15) is 14.7 Å². The summed E-state index contributed by atoms with van der Waals surface area (Å²) in [6.45, 7) is 0.0344. The maximum absolute atomic E-state index is 12.4. The molecule has 0 fully saturated rings. The number of amides is 2. The van der Waals surface area contributed by atoms with Gasteiger partial charge in [0.2, 0.25) is 0 Å². The second kappa shape index (κ2) is 6.16. The summed E-state index contributed by atoms with van der Waals surface area (Å²) in [4.78, 5) is 24.8. The van der Waals surface area contributed by atoms with Crippen molar-refractivity contribution in [2.75, 3.05) is 19.5 Å². The van der Waals surface area contributed by atoms with Gasteiger partial charge in [0.05, 0.1) is 17.0 Å². The van der Waals surface area contributed by atoms with E-state index in [4.69, 9.17) is 16.3 Å². The van der Waals surface area contributed by atoms with Gasteiger partial charge < -0.3 is 9.84 Å². The molecule has 1 heterocycles. The molecule has 0 aromatic heterocycles. The molecule has 0 bridgehead atoms. The van der Waals surface area contributed by atoms with Gasteiger partial charge >= 0.3 is 0 Å². The average molecular weight is 335 g/mol. The Hall–Kier alpha value is -2.15. The zero-order valence-electron chi connectivity index (χ0n) is 12.4. The minimum atomic E-state index is -0.787. The fourth-order valence-electron chi connectivity index (χ4n) is 2.63. The van der Waals surface area contributed by atoms with Crippen LogP contribution >= 0.6 is 11.6 Å². The summed E-state index contributed by atoms with van der Waals surface area (Å²) in [5.41, 5.74) is 3.46. The molecule has 2 N–H and O–H groups in total. The molecular formula is C16H15ClN2O4. The third-order valence-electron chi connectivity index (χ3n) is 3.70. The Labute approximate surface area is 137 Å². The number of imide groups is 1. The van der Waals surface area contributed by atoms with E-state index < -0.39 is 17.9 Å². The van der Waals surface area contributed by atoms with Crippen LogP contribution in [0, 0.1) is 0 Å². The van der Waals surface area contributed by atoms with Crippen LogP contribution in [0.2, 0.25) is 0 Å². The third kappa shape index (κ3) is 2.55. The lowest BCUT2D eigenvalue weighted by atomic mass is 9.94. The van der Waals surface area contributed by atoms with Crippen LogP contribution in [0.25, 0.3) is 10.8 Å². The fraction of sp³-hybridized carbons (Fsp3) is 0.250. The van der Waals surface area contributed by atoms with E-state index in [-0.39, 0.29) is 12.5 Å². The van der Waals surface area contributed by atoms with Crippen LogP contribution in [-0.2, 0) is 0 Å². The first-order valence-electron chi connectivity index (χ1n) is 7.07. The predicted molar refractivity (Wildman–Crippen MR) is 85.7 cm³/mol. The van der Waals surface area contributed by atoms with Gasteiger partial charge in [0.15, 0.2) is 0 Å². The molecule has 6 nitrogen and oxygen atoms in total. The van der Waals surface area contributed by atoms with Gasteiger partial charge in [-0.05, 0) is 18.2 Å². The molecule has 1 atom stereocenters. The van der Waals surface area contributed by atoms with Gasteiger partial charge in [-0.2, -0.15) is 0 Å². The first-order valence-corrected chi connectivity index (χ1v) is 7.60. The fourth-order valence-corrected chi connectivity index (χ4v) is 2.72. The van der Waals surface area contributed by atoms with Gasteiger partial charge in [-0.1, -0.05) is 12.1 Å². The normalized spacial score (nSPS) is 15.2. The Morgan fingerprint density at radius 3 is 2.57 bits per heavy atom. The predicted octanol–water partition coefficient (Wildman–Crippen LogP) is 1.55. The molecule has 2 aromatic rings. The average Bonchev–Trinajstić information content (AvgIpc) is 2.58. The van der Waals surface area contributed by atoms with Gasteiger partial charge in [-0.15, -0.1) is 11.6 Å². The first-order chi connectivity index (χ1) is 11.1. The van der Waals surface area contributed by atoms with Crippen molar-refractivity contribution in [2.45, 2.75) is 6.10 Å². The highest BCUT2D eigenvalue weighted by Gasteiger charge is 2.32. The third-order valence-corrected chi connectivity index (χ3v) is 4.06. The molecule has 2 amide bonds. The molecule has 0 saturated heterocycles. The van der Waals surface area contributed by atoms with Crippen molar-refractivity contribution in [3.8, 4) is 5.75 Å². The van der Waals surface area contributed by atoms with Crippen molar-refractivity contribution < 1.29 is 19.4 Å². The van der Waals surface area contributed by atoms with Crippen LogP contribution < -0.4 is 10.2 Å². The number of halogens is 1. The number of nitrogens with zero attached hydrogens (tertiary/aromatic N) is 1. The molecule has 1 unspecified atom stereocenters. The summed E-state index contributed by atoms with van der Waals surface area (Å²) >= 11 is 5.56. The number of aliphatic hydroxyl groups is 1. The second-order valence-electron chi connectivity index (χ2n) is 5.13. The number of carbonyl (C=O) groups is 2. The number of carbonyl (C=O) groups excluding carboxylic acids is 2. The van der Waals surface area contributed by atoms with Crippen molar-refractivity contribution in [1.29, 1.82) is 0 Å². The number of hydrogen-bond acceptors (Lipinski definition) is 5. The lowest BCUT2D eigenvalue weighted by Gasteiger charge is -2.26. The summed E-state index contributed by atoms with van der Waals surface area (Å²) in [5.74, 6) is -0.259. The lowest BCUT2D eigenvalue weighted by molar-refractivity contribution is 0.0540. The summed E-state index contributed by atoms with van der Waals surface area (Å²) in [7, 11) is 1.52. The Balaban J connectivity index is 2.13. The first kappa shape index (κ1) is 15.7. The number of hydrogen-bond donors (Lipinski definition) is 2. The van der Waals surface area contributed by atoms with E-state index in [1.807, 2.05) is 0 Å². The van der Waals surface area contributed by atoms with Gasteiger partial charge in [0, 0.05) is 17.8 Å². The standard InChI is InChI=1S/C16H15ClN2O4/c1-18-19-15(21)11-4-2-3-10-13(23-8-9(20)7-17)6-5-12(14(10)11)16(19)22/h2-6,9,18,20H,7-8H2,1H3. The molecule has 2 aromatic carbocycles. The molecule has 0 saturated carbocycles. The zero-order chi connectivity index (χ0) is 16.6. The quantitative estimate of drug-likeness (QED) is 0.640. The van der Waals surface area contributed by atoms with Gasteiger partial charge in [0.25, 0.3) is 11.8 Å². The number of ether oxygens (including phenoxy) is 1. The number of nitrogens with one attached hydrogen (secondary N) is 1. The highest BCUT2D eigenvalue weighted by Crippen LogP contribution is 2.35. The minimum absolute atomic E-state index is 0.0344. The van der Waals surface area contributed by atoms with E-state index in [1.54, 1.807) is 30.3 Å². The molecule has 23 heavy (non-hydrogen) atoms. The minimum Gasteiger partial charge on any atom is -0.490 e. The summed E-state index contributed by atoms with van der Waals surface area (Å²) in [6, 6.07) is 8.45. The molecule has 0 aliphatic carbocycles. The summed E-state index contributed by atoms with van der Waals surface area (Å²) in [5, 5.41) is 11.7. The van der Waals surface area contributed by atoms with Gasteiger partial charge in [0.1, 0.15) is 18.5 Å². The molecule has 3 rings (SSSR count). The van der Waals surface area contributed by atoms with Crippen molar-refractivity contribution in [3.63, 3.8) is 0 Å². The lowest BCUT2D eigenvalue weighted by Crippen LogP contribution is -2.47. The Morgan fingerprint density at radius 2 is 1.91 bits per heavy atom. The maximum Gasteiger partial charge on any atom is 0.275 e. The highest BCUT2D eigenvalue weighted by atomic mass is 35.5. The molecule has 120 valence electrons. The van der Waals surface area contributed by atoms with Crippen LogP contribution in [-0.4, -0.2) is 47.6 Å². The van der Waals surface area contributed by atoms with E-state index >= 15 is 0 Å². The van der Waals surface area contributed by atoms with Crippen LogP contribution in [0.4, 0.5) is 0 Å². The van der Waals surface area contributed by atoms with E-state index in [0.717, 1.165) is 5.01 Å².